The van der Waals surface area contributed by atoms with E-state index in [0.717, 1.165) is 13.1 Å². The molecule has 4 rings (SSSR count). The van der Waals surface area contributed by atoms with Gasteiger partial charge in [-0.3, -0.25) is 19.3 Å². The predicted molar refractivity (Wildman–Crippen MR) is 145 cm³/mol. The Morgan fingerprint density at radius 3 is 2.54 bits per heavy atom. The van der Waals surface area contributed by atoms with Gasteiger partial charge in [-0.25, -0.2) is 0 Å². The molecule has 1 spiro atoms. The van der Waals surface area contributed by atoms with E-state index in [4.69, 9.17) is 14.2 Å². The fourth-order valence-corrected chi connectivity index (χ4v) is 7.23. The first-order chi connectivity index (χ1) is 18.6. The number of likely N-dealkylation sites (tertiary alicyclic amines) is 1. The van der Waals surface area contributed by atoms with Crippen LogP contribution in [-0.4, -0.2) is 120 Å². The van der Waals surface area contributed by atoms with Crippen molar-refractivity contribution in [2.24, 2.45) is 23.7 Å². The molecular formula is C29H45N3O7. The first-order valence-electron chi connectivity index (χ1n) is 14.2. The molecule has 0 aromatic rings. The maximum atomic E-state index is 14.5. The molecule has 10 nitrogen and oxygen atoms in total. The Hall–Kier alpha value is -2.27. The fraction of sp³-hybridized carbons (Fsp3) is 0.759. The zero-order valence-corrected chi connectivity index (χ0v) is 23.8. The summed E-state index contributed by atoms with van der Waals surface area (Å²) in [5, 5.41) is 10.4. The minimum Gasteiger partial charge on any atom is -0.461 e. The second-order valence-electron chi connectivity index (χ2n) is 11.9. The average Bonchev–Trinajstić information content (AvgIpc) is 3.42. The molecule has 4 aliphatic heterocycles. The molecule has 4 heterocycles. The molecule has 4 fully saturated rings. The molecule has 1 N–H and O–H groups in total. The number of morpholine rings is 1. The Morgan fingerprint density at radius 2 is 1.95 bits per heavy atom. The van der Waals surface area contributed by atoms with Crippen molar-refractivity contribution in [1.82, 2.24) is 14.7 Å². The van der Waals surface area contributed by atoms with Gasteiger partial charge in [0.2, 0.25) is 11.8 Å². The number of esters is 1. The van der Waals surface area contributed by atoms with Gasteiger partial charge >= 0.3 is 5.97 Å². The van der Waals surface area contributed by atoms with Gasteiger partial charge in [-0.15, -0.1) is 6.58 Å². The second-order valence-corrected chi connectivity index (χ2v) is 11.9. The van der Waals surface area contributed by atoms with Crippen LogP contribution in [0.5, 0.6) is 0 Å². The van der Waals surface area contributed by atoms with Crippen LogP contribution in [0.15, 0.2) is 25.3 Å². The van der Waals surface area contributed by atoms with Crippen LogP contribution in [-0.2, 0) is 28.6 Å². The number of aliphatic hydroxyl groups excluding tert-OH is 1. The van der Waals surface area contributed by atoms with Gasteiger partial charge in [0.25, 0.3) is 0 Å². The molecule has 4 saturated heterocycles. The van der Waals surface area contributed by atoms with Crippen molar-refractivity contribution in [3.63, 3.8) is 0 Å². The summed E-state index contributed by atoms with van der Waals surface area (Å²) in [6.07, 6.45) is 3.64. The van der Waals surface area contributed by atoms with E-state index >= 15 is 0 Å². The lowest BCUT2D eigenvalue weighted by Gasteiger charge is -2.41. The quantitative estimate of drug-likeness (QED) is 0.286. The van der Waals surface area contributed by atoms with Crippen LogP contribution in [0.1, 0.15) is 34.1 Å². The molecule has 2 amide bonds. The largest absolute Gasteiger partial charge is 0.461 e. The lowest BCUT2D eigenvalue weighted by atomic mass is 9.62. The van der Waals surface area contributed by atoms with Gasteiger partial charge in [-0.05, 0) is 25.2 Å². The molecule has 10 heteroatoms. The lowest BCUT2D eigenvalue weighted by Crippen LogP contribution is -2.60. The number of ether oxygens (including phenoxy) is 3. The van der Waals surface area contributed by atoms with Crippen molar-refractivity contribution < 1.29 is 33.7 Å². The highest BCUT2D eigenvalue weighted by Crippen LogP contribution is 2.65. The standard InChI is InChI=1S/C29H45N3O7/c1-7-9-31(11-10-30-12-15-37-16-13-30)26(35)24-29-17-20(5)28(6,39-29)23(27(36)38-14-8-2)22(29)25(34)32(24)21(18-33)19(3)4/h7-8,19-24,33H,1-2,9-18H2,3-6H3/t20?,21-,22-,23-,24?,28+,29?/m0/s1. The van der Waals surface area contributed by atoms with Gasteiger partial charge in [-0.1, -0.05) is 39.5 Å². The summed E-state index contributed by atoms with van der Waals surface area (Å²) >= 11 is 0. The number of aliphatic hydroxyl groups is 1. The number of amides is 2. The van der Waals surface area contributed by atoms with E-state index in [2.05, 4.69) is 18.1 Å². The van der Waals surface area contributed by atoms with E-state index in [1.165, 1.54) is 11.0 Å². The van der Waals surface area contributed by atoms with Crippen LogP contribution < -0.4 is 0 Å². The van der Waals surface area contributed by atoms with Gasteiger partial charge in [0, 0.05) is 32.7 Å². The van der Waals surface area contributed by atoms with E-state index in [9.17, 15) is 19.5 Å². The van der Waals surface area contributed by atoms with E-state index in [-0.39, 0.29) is 36.9 Å². The maximum absolute atomic E-state index is 14.5. The first-order valence-corrected chi connectivity index (χ1v) is 14.2. The third-order valence-corrected chi connectivity index (χ3v) is 9.35. The zero-order valence-electron chi connectivity index (χ0n) is 23.8. The normalized spacial score (nSPS) is 34.7. The van der Waals surface area contributed by atoms with Crippen LogP contribution in [0, 0.1) is 23.7 Å². The smallest absolute Gasteiger partial charge is 0.313 e. The Balaban J connectivity index is 1.74. The molecule has 39 heavy (non-hydrogen) atoms. The minimum atomic E-state index is -1.19. The number of fused-ring (bicyclic) bond motifs is 1. The lowest BCUT2D eigenvalue weighted by molar-refractivity contribution is -0.163. The van der Waals surface area contributed by atoms with Gasteiger partial charge in [0.1, 0.15) is 24.2 Å². The van der Waals surface area contributed by atoms with Crippen molar-refractivity contribution in [3.05, 3.63) is 25.3 Å². The molecule has 3 unspecified atom stereocenters. The molecule has 0 saturated carbocycles. The number of rotatable bonds is 12. The van der Waals surface area contributed by atoms with Crippen LogP contribution in [0.4, 0.5) is 0 Å². The SMILES string of the molecule is C=CCOC(=O)[C@@H]1[C@H]2C(=O)N([C@@H](CO)C(C)C)C(C(=O)N(CC=C)CCN3CCOCC3)C23CC(C)[C@@]1(C)O3. The molecular weight excluding hydrogens is 502 g/mol. The summed E-state index contributed by atoms with van der Waals surface area (Å²) in [5.41, 5.74) is -2.15. The van der Waals surface area contributed by atoms with Crippen molar-refractivity contribution in [1.29, 1.82) is 0 Å². The summed E-state index contributed by atoms with van der Waals surface area (Å²) in [6, 6.07) is -1.58. The second kappa shape index (κ2) is 11.7. The van der Waals surface area contributed by atoms with Crippen LogP contribution in [0.3, 0.4) is 0 Å². The molecule has 4 aliphatic rings. The van der Waals surface area contributed by atoms with Crippen molar-refractivity contribution in [3.8, 4) is 0 Å². The molecule has 0 aliphatic carbocycles. The van der Waals surface area contributed by atoms with Gasteiger partial charge < -0.3 is 29.1 Å². The average molecular weight is 548 g/mol. The van der Waals surface area contributed by atoms with Crippen molar-refractivity contribution in [2.75, 3.05) is 59.2 Å². The van der Waals surface area contributed by atoms with E-state index < -0.39 is 41.1 Å². The van der Waals surface area contributed by atoms with Crippen molar-refractivity contribution in [2.45, 2.75) is 57.4 Å². The highest BCUT2D eigenvalue weighted by molar-refractivity contribution is 5.98. The molecule has 0 aromatic heterocycles. The Kier molecular flexibility index (Phi) is 8.90. The third kappa shape index (κ3) is 4.94. The van der Waals surface area contributed by atoms with E-state index in [1.807, 2.05) is 27.7 Å². The minimum absolute atomic E-state index is 0.0275. The van der Waals surface area contributed by atoms with Crippen LogP contribution >= 0.6 is 0 Å². The number of hydrogen-bond acceptors (Lipinski definition) is 8. The number of carbonyl (C=O) groups excluding carboxylic acids is 3. The molecule has 218 valence electrons. The number of carbonyl (C=O) groups is 3. The van der Waals surface area contributed by atoms with Crippen molar-refractivity contribution >= 4 is 17.8 Å². The highest BCUT2D eigenvalue weighted by Gasteiger charge is 2.80. The first kappa shape index (κ1) is 29.7. The summed E-state index contributed by atoms with van der Waals surface area (Å²) in [5.74, 6) is -3.03. The summed E-state index contributed by atoms with van der Waals surface area (Å²) in [4.78, 5) is 47.8. The monoisotopic (exact) mass is 547 g/mol. The van der Waals surface area contributed by atoms with Gasteiger partial charge in [-0.2, -0.15) is 0 Å². The third-order valence-electron chi connectivity index (χ3n) is 9.35. The maximum Gasteiger partial charge on any atom is 0.313 e. The van der Waals surface area contributed by atoms with Crippen LogP contribution in [0.2, 0.25) is 0 Å². The van der Waals surface area contributed by atoms with E-state index in [1.54, 1.807) is 11.0 Å². The van der Waals surface area contributed by atoms with E-state index in [0.29, 0.717) is 39.3 Å². The Morgan fingerprint density at radius 1 is 1.26 bits per heavy atom. The topological polar surface area (TPSA) is 109 Å². The molecule has 0 aromatic carbocycles. The van der Waals surface area contributed by atoms with Gasteiger partial charge in [0.15, 0.2) is 0 Å². The predicted octanol–water partition coefficient (Wildman–Crippen LogP) is 1.09. The molecule has 7 atom stereocenters. The molecule has 0 radical (unpaired) electrons. The number of hydrogen-bond donors (Lipinski definition) is 1. The fourth-order valence-electron chi connectivity index (χ4n) is 7.23. The summed E-state index contributed by atoms with van der Waals surface area (Å²) in [6.45, 7) is 19.2. The Bertz CT molecular complexity index is 967. The van der Waals surface area contributed by atoms with Crippen LogP contribution in [0.25, 0.3) is 0 Å². The Labute approximate surface area is 231 Å². The highest BCUT2D eigenvalue weighted by atomic mass is 16.6. The summed E-state index contributed by atoms with van der Waals surface area (Å²) in [7, 11) is 0. The number of nitrogens with zero attached hydrogens (tertiary/aromatic N) is 3. The molecule has 2 bridgehead atoms. The summed E-state index contributed by atoms with van der Waals surface area (Å²) < 4.78 is 17.7. The zero-order chi connectivity index (χ0) is 28.5. The van der Waals surface area contributed by atoms with Gasteiger partial charge in [0.05, 0.1) is 37.4 Å².